The minimum absolute atomic E-state index is 0.119. The van der Waals surface area contributed by atoms with Crippen LogP contribution in [0.5, 0.6) is 0 Å². The number of aromatic nitrogens is 4. The Balaban J connectivity index is 1.64. The van der Waals surface area contributed by atoms with E-state index in [0.717, 1.165) is 25.8 Å². The van der Waals surface area contributed by atoms with Crippen LogP contribution in [-0.4, -0.2) is 26.2 Å². The van der Waals surface area contributed by atoms with E-state index in [1.807, 2.05) is 6.07 Å². The van der Waals surface area contributed by atoms with E-state index in [0.29, 0.717) is 10.7 Å². The Morgan fingerprint density at radius 1 is 1.30 bits per heavy atom. The molecule has 7 heteroatoms. The molecule has 0 unspecified atom stereocenters. The van der Waals surface area contributed by atoms with Crippen LogP contribution in [0, 0.1) is 0 Å². The van der Waals surface area contributed by atoms with Crippen molar-refractivity contribution >= 4 is 17.3 Å². The topological polar surface area (TPSA) is 69.9 Å². The second-order valence-corrected chi connectivity index (χ2v) is 7.00. The smallest absolute Gasteiger partial charge is 0.348 e. The predicted octanol–water partition coefficient (Wildman–Crippen LogP) is 3.16. The van der Waals surface area contributed by atoms with Crippen LogP contribution >= 0.6 is 11.3 Å². The number of carbonyl (C=O) groups excluding carboxylic acids is 1. The van der Waals surface area contributed by atoms with Crippen LogP contribution in [-0.2, 0) is 30.7 Å². The molecular formula is C16H22N4O2S. The standard InChI is InChI=1S/C16H22N4O2S/c1-2-9-20-15(17-18-19-20)11-22-16(21)14-10-12-7-5-3-4-6-8-13(12)23-14/h10H,2-9,11H2,1H3. The fraction of sp³-hybridized carbons (Fsp3) is 0.625. The van der Waals surface area contributed by atoms with Gasteiger partial charge in [-0.15, -0.1) is 16.4 Å². The number of nitrogens with zero attached hydrogens (tertiary/aromatic N) is 4. The number of aryl methyl sites for hydroxylation is 3. The zero-order valence-corrected chi connectivity index (χ0v) is 14.3. The van der Waals surface area contributed by atoms with Gasteiger partial charge in [0.25, 0.3) is 0 Å². The van der Waals surface area contributed by atoms with Crippen molar-refractivity contribution in [1.29, 1.82) is 0 Å². The van der Waals surface area contributed by atoms with Gasteiger partial charge in [-0.1, -0.05) is 19.8 Å². The van der Waals surface area contributed by atoms with Gasteiger partial charge in [0.15, 0.2) is 12.4 Å². The quantitative estimate of drug-likeness (QED) is 0.786. The summed E-state index contributed by atoms with van der Waals surface area (Å²) in [4.78, 5) is 14.4. The first-order valence-electron chi connectivity index (χ1n) is 8.31. The van der Waals surface area contributed by atoms with E-state index in [4.69, 9.17) is 4.74 Å². The maximum Gasteiger partial charge on any atom is 0.348 e. The van der Waals surface area contributed by atoms with Gasteiger partial charge in [-0.2, -0.15) is 0 Å². The lowest BCUT2D eigenvalue weighted by atomic mass is 10.00. The molecule has 0 aliphatic heterocycles. The summed E-state index contributed by atoms with van der Waals surface area (Å²) in [6, 6.07) is 2.02. The van der Waals surface area contributed by atoms with E-state index < -0.39 is 0 Å². The van der Waals surface area contributed by atoms with Crippen LogP contribution in [0.15, 0.2) is 6.07 Å². The fourth-order valence-corrected chi connectivity index (χ4v) is 4.01. The van der Waals surface area contributed by atoms with Crippen LogP contribution in [0.4, 0.5) is 0 Å². The van der Waals surface area contributed by atoms with Gasteiger partial charge in [-0.25, -0.2) is 9.48 Å². The van der Waals surface area contributed by atoms with E-state index in [-0.39, 0.29) is 12.6 Å². The lowest BCUT2D eigenvalue weighted by molar-refractivity contribution is 0.0462. The van der Waals surface area contributed by atoms with Gasteiger partial charge >= 0.3 is 5.97 Å². The Kier molecular flexibility index (Phi) is 5.38. The van der Waals surface area contributed by atoms with Crippen molar-refractivity contribution in [2.75, 3.05) is 0 Å². The molecule has 2 aromatic rings. The summed E-state index contributed by atoms with van der Waals surface area (Å²) in [5.74, 6) is 0.322. The third-order valence-corrected chi connectivity index (χ3v) is 5.29. The number of rotatable bonds is 5. The number of hydrogen-bond acceptors (Lipinski definition) is 6. The van der Waals surface area contributed by atoms with Gasteiger partial charge in [0.2, 0.25) is 0 Å². The maximum absolute atomic E-state index is 12.3. The summed E-state index contributed by atoms with van der Waals surface area (Å²) < 4.78 is 7.09. The molecule has 2 aromatic heterocycles. The highest BCUT2D eigenvalue weighted by atomic mass is 32.1. The molecule has 0 bridgehead atoms. The number of carbonyl (C=O) groups is 1. The molecule has 3 rings (SSSR count). The zero-order chi connectivity index (χ0) is 16.1. The fourth-order valence-electron chi connectivity index (χ4n) is 2.86. The first-order valence-corrected chi connectivity index (χ1v) is 9.13. The first kappa shape index (κ1) is 16.1. The normalized spacial score (nSPS) is 14.8. The number of esters is 1. The van der Waals surface area contributed by atoms with E-state index in [2.05, 4.69) is 22.4 Å². The number of thiophene rings is 1. The summed E-state index contributed by atoms with van der Waals surface area (Å²) in [5.41, 5.74) is 1.33. The van der Waals surface area contributed by atoms with Gasteiger partial charge in [0, 0.05) is 11.4 Å². The van der Waals surface area contributed by atoms with Crippen molar-refractivity contribution in [3.05, 3.63) is 27.2 Å². The molecule has 0 spiro atoms. The second-order valence-electron chi connectivity index (χ2n) is 5.87. The molecule has 0 atom stereocenters. The monoisotopic (exact) mass is 334 g/mol. The summed E-state index contributed by atoms with van der Waals surface area (Å²) in [5, 5.41) is 11.5. The average molecular weight is 334 g/mol. The van der Waals surface area contributed by atoms with Gasteiger partial charge in [0.05, 0.1) is 0 Å². The van der Waals surface area contributed by atoms with Gasteiger partial charge in [0.1, 0.15) is 4.88 Å². The van der Waals surface area contributed by atoms with Crippen LogP contribution in [0.25, 0.3) is 0 Å². The zero-order valence-electron chi connectivity index (χ0n) is 13.5. The minimum atomic E-state index is -0.271. The molecule has 0 N–H and O–H groups in total. The Morgan fingerprint density at radius 3 is 2.96 bits per heavy atom. The van der Waals surface area contributed by atoms with Crippen molar-refractivity contribution < 1.29 is 9.53 Å². The Morgan fingerprint density at radius 2 is 2.13 bits per heavy atom. The number of ether oxygens (including phenoxy) is 1. The van der Waals surface area contributed by atoms with Crippen LogP contribution in [0.2, 0.25) is 0 Å². The molecule has 0 radical (unpaired) electrons. The molecule has 0 saturated carbocycles. The second kappa shape index (κ2) is 7.68. The van der Waals surface area contributed by atoms with Crippen molar-refractivity contribution in [1.82, 2.24) is 20.2 Å². The maximum atomic E-state index is 12.3. The van der Waals surface area contributed by atoms with E-state index in [9.17, 15) is 4.79 Å². The summed E-state index contributed by atoms with van der Waals surface area (Å²) in [6.07, 6.45) is 8.10. The molecule has 0 aromatic carbocycles. The first-order chi connectivity index (χ1) is 11.3. The summed E-state index contributed by atoms with van der Waals surface area (Å²) in [6.45, 7) is 2.90. The van der Waals surface area contributed by atoms with E-state index in [1.54, 1.807) is 16.0 Å². The average Bonchev–Trinajstić information content (AvgIpc) is 3.12. The van der Waals surface area contributed by atoms with E-state index >= 15 is 0 Å². The van der Waals surface area contributed by atoms with Crippen molar-refractivity contribution in [3.63, 3.8) is 0 Å². The molecular weight excluding hydrogens is 312 g/mol. The number of hydrogen-bond donors (Lipinski definition) is 0. The third kappa shape index (κ3) is 3.96. The van der Waals surface area contributed by atoms with Gasteiger partial charge in [-0.3, -0.25) is 0 Å². The highest BCUT2D eigenvalue weighted by Crippen LogP contribution is 2.29. The highest BCUT2D eigenvalue weighted by Gasteiger charge is 2.18. The van der Waals surface area contributed by atoms with Crippen LogP contribution in [0.3, 0.4) is 0 Å². The van der Waals surface area contributed by atoms with Gasteiger partial charge < -0.3 is 4.74 Å². The van der Waals surface area contributed by atoms with Crippen LogP contribution < -0.4 is 0 Å². The van der Waals surface area contributed by atoms with Gasteiger partial charge in [-0.05, 0) is 54.2 Å². The number of tetrazole rings is 1. The molecule has 1 aliphatic rings. The molecule has 0 fully saturated rings. The molecule has 124 valence electrons. The SMILES string of the molecule is CCCn1nnnc1COC(=O)c1cc2c(s1)CCCCCC2. The van der Waals surface area contributed by atoms with Crippen molar-refractivity contribution in [2.24, 2.45) is 0 Å². The summed E-state index contributed by atoms with van der Waals surface area (Å²) >= 11 is 1.58. The molecule has 23 heavy (non-hydrogen) atoms. The Bertz CT molecular complexity index is 639. The Labute approximate surface area is 139 Å². The van der Waals surface area contributed by atoms with Crippen molar-refractivity contribution in [3.8, 4) is 0 Å². The largest absolute Gasteiger partial charge is 0.453 e. The minimum Gasteiger partial charge on any atom is -0.453 e. The molecule has 2 heterocycles. The molecule has 1 aliphatic carbocycles. The Hall–Kier alpha value is -1.76. The molecule has 0 saturated heterocycles. The predicted molar refractivity (Wildman–Crippen MR) is 87.4 cm³/mol. The highest BCUT2D eigenvalue weighted by molar-refractivity contribution is 7.14. The summed E-state index contributed by atoms with van der Waals surface area (Å²) in [7, 11) is 0. The van der Waals surface area contributed by atoms with Crippen molar-refractivity contribution in [2.45, 2.75) is 65.0 Å². The molecule has 6 nitrogen and oxygen atoms in total. The number of fused-ring (bicyclic) bond motifs is 1. The third-order valence-electron chi connectivity index (χ3n) is 4.07. The molecule has 0 amide bonds. The lowest BCUT2D eigenvalue weighted by Gasteiger charge is -2.07. The van der Waals surface area contributed by atoms with Crippen LogP contribution in [0.1, 0.15) is 65.0 Å². The lowest BCUT2D eigenvalue weighted by Crippen LogP contribution is -2.10. The van der Waals surface area contributed by atoms with E-state index in [1.165, 1.54) is 36.1 Å².